The van der Waals surface area contributed by atoms with E-state index in [4.69, 9.17) is 4.74 Å². The predicted molar refractivity (Wildman–Crippen MR) is 75.2 cm³/mol. The third-order valence-corrected chi connectivity index (χ3v) is 3.26. The number of carbonyl (C=O) groups is 1. The number of hydrogen-bond donors (Lipinski definition) is 0. The average Bonchev–Trinajstić information content (AvgIpc) is 2.75. The van der Waals surface area contributed by atoms with E-state index in [1.54, 1.807) is 0 Å². The molecule has 0 fully saturated rings. The summed E-state index contributed by atoms with van der Waals surface area (Å²) in [5.41, 5.74) is 2.03. The molecule has 2 aromatic rings. The van der Waals surface area contributed by atoms with Crippen molar-refractivity contribution in [2.75, 3.05) is 25.6 Å². The molecule has 0 aliphatic rings. The molecule has 0 bridgehead atoms. The molecule has 5 heteroatoms. The van der Waals surface area contributed by atoms with Gasteiger partial charge < -0.3 is 14.2 Å². The van der Waals surface area contributed by atoms with Crippen molar-refractivity contribution in [2.24, 2.45) is 13.0 Å². The Morgan fingerprint density at radius 3 is 2.79 bits per heavy atom. The number of rotatable bonds is 4. The van der Waals surface area contributed by atoms with E-state index in [0.29, 0.717) is 6.54 Å². The van der Waals surface area contributed by atoms with Crippen LogP contribution in [0.25, 0.3) is 11.0 Å². The Morgan fingerprint density at radius 2 is 2.16 bits per heavy atom. The Hall–Kier alpha value is -2.04. The van der Waals surface area contributed by atoms with Crippen LogP contribution in [0.3, 0.4) is 0 Å². The molecule has 0 saturated carbocycles. The Morgan fingerprint density at radius 1 is 1.47 bits per heavy atom. The number of fused-ring (bicyclic) bond motifs is 1. The van der Waals surface area contributed by atoms with Crippen LogP contribution in [-0.2, 0) is 16.6 Å². The average molecular weight is 261 g/mol. The van der Waals surface area contributed by atoms with Gasteiger partial charge >= 0.3 is 5.97 Å². The summed E-state index contributed by atoms with van der Waals surface area (Å²) in [5, 5.41) is 0. The summed E-state index contributed by atoms with van der Waals surface area (Å²) in [6.07, 6.45) is 0. The Labute approximate surface area is 112 Å². The lowest BCUT2D eigenvalue weighted by molar-refractivity contribution is -0.144. The highest BCUT2D eigenvalue weighted by atomic mass is 16.5. The molecule has 0 amide bonds. The maximum atomic E-state index is 11.5. The van der Waals surface area contributed by atoms with Gasteiger partial charge in [-0.05, 0) is 12.1 Å². The van der Waals surface area contributed by atoms with Gasteiger partial charge in [0.1, 0.15) is 0 Å². The first-order valence-corrected chi connectivity index (χ1v) is 6.25. The molecule has 1 unspecified atom stereocenters. The summed E-state index contributed by atoms with van der Waals surface area (Å²) >= 11 is 0. The van der Waals surface area contributed by atoms with Gasteiger partial charge in [0.25, 0.3) is 0 Å². The fourth-order valence-corrected chi connectivity index (χ4v) is 2.24. The van der Waals surface area contributed by atoms with Crippen molar-refractivity contribution in [1.82, 2.24) is 9.55 Å². The highest BCUT2D eigenvalue weighted by molar-refractivity contribution is 5.79. The van der Waals surface area contributed by atoms with Crippen molar-refractivity contribution in [2.45, 2.75) is 6.92 Å². The van der Waals surface area contributed by atoms with Gasteiger partial charge in [-0.3, -0.25) is 4.79 Å². The van der Waals surface area contributed by atoms with Crippen molar-refractivity contribution < 1.29 is 9.53 Å². The zero-order valence-electron chi connectivity index (χ0n) is 11.8. The lowest BCUT2D eigenvalue weighted by Crippen LogP contribution is -2.30. The first kappa shape index (κ1) is 13.4. The largest absolute Gasteiger partial charge is 0.469 e. The van der Waals surface area contributed by atoms with Crippen molar-refractivity contribution in [3.63, 3.8) is 0 Å². The number of anilines is 1. The third kappa shape index (κ3) is 2.54. The van der Waals surface area contributed by atoms with Gasteiger partial charge in [0.15, 0.2) is 0 Å². The van der Waals surface area contributed by atoms with Crippen molar-refractivity contribution in [3.8, 4) is 0 Å². The van der Waals surface area contributed by atoms with E-state index >= 15 is 0 Å². The topological polar surface area (TPSA) is 47.4 Å². The number of esters is 1. The van der Waals surface area contributed by atoms with E-state index in [-0.39, 0.29) is 11.9 Å². The Balaban J connectivity index is 2.24. The highest BCUT2D eigenvalue weighted by Crippen LogP contribution is 2.20. The summed E-state index contributed by atoms with van der Waals surface area (Å²) in [6.45, 7) is 2.43. The number of hydrogen-bond acceptors (Lipinski definition) is 4. The minimum absolute atomic E-state index is 0.185. The van der Waals surface area contributed by atoms with E-state index in [2.05, 4.69) is 4.98 Å². The molecule has 0 aliphatic carbocycles. The van der Waals surface area contributed by atoms with E-state index < -0.39 is 0 Å². The second kappa shape index (κ2) is 5.30. The van der Waals surface area contributed by atoms with Gasteiger partial charge in [-0.2, -0.15) is 0 Å². The SMILES string of the molecule is COC(=O)C(C)CN(C)c1nc2ccccc2n1C. The molecule has 0 N–H and O–H groups in total. The first-order valence-electron chi connectivity index (χ1n) is 6.25. The predicted octanol–water partition coefficient (Wildman–Crippen LogP) is 1.82. The van der Waals surface area contributed by atoms with Crippen molar-refractivity contribution >= 4 is 23.0 Å². The molecule has 102 valence electrons. The van der Waals surface area contributed by atoms with E-state index in [1.165, 1.54) is 7.11 Å². The summed E-state index contributed by atoms with van der Waals surface area (Å²) in [4.78, 5) is 18.0. The number of methoxy groups -OCH3 is 1. The number of benzene rings is 1. The van der Waals surface area contributed by atoms with Crippen LogP contribution >= 0.6 is 0 Å². The fraction of sp³-hybridized carbons (Fsp3) is 0.429. The summed E-state index contributed by atoms with van der Waals surface area (Å²) in [6, 6.07) is 7.97. The number of ether oxygens (including phenoxy) is 1. The van der Waals surface area contributed by atoms with Crippen LogP contribution in [0.5, 0.6) is 0 Å². The first-order chi connectivity index (χ1) is 9.04. The maximum Gasteiger partial charge on any atom is 0.310 e. The molecule has 5 nitrogen and oxygen atoms in total. The van der Waals surface area contributed by atoms with Gasteiger partial charge in [0.05, 0.1) is 24.1 Å². The zero-order chi connectivity index (χ0) is 14.0. The molecule has 0 radical (unpaired) electrons. The van der Waals surface area contributed by atoms with Crippen LogP contribution in [-0.4, -0.2) is 36.2 Å². The minimum atomic E-state index is -0.203. The lowest BCUT2D eigenvalue weighted by Gasteiger charge is -2.21. The summed E-state index contributed by atoms with van der Waals surface area (Å²) in [7, 11) is 5.32. The fourth-order valence-electron chi connectivity index (χ4n) is 2.24. The van der Waals surface area contributed by atoms with Crippen molar-refractivity contribution in [3.05, 3.63) is 24.3 Å². The molecular weight excluding hydrogens is 242 g/mol. The van der Waals surface area contributed by atoms with Crippen LogP contribution in [0.1, 0.15) is 6.92 Å². The molecular formula is C14H19N3O2. The second-order valence-electron chi connectivity index (χ2n) is 4.76. The summed E-state index contributed by atoms with van der Waals surface area (Å²) in [5.74, 6) is 0.456. The Kier molecular flexibility index (Phi) is 3.74. The van der Waals surface area contributed by atoms with Gasteiger partial charge in [-0.15, -0.1) is 0 Å². The van der Waals surface area contributed by atoms with Crippen molar-refractivity contribution in [1.29, 1.82) is 0 Å². The molecule has 2 rings (SSSR count). The number of para-hydroxylation sites is 2. The smallest absolute Gasteiger partial charge is 0.310 e. The monoisotopic (exact) mass is 261 g/mol. The van der Waals surface area contributed by atoms with Gasteiger partial charge in [0, 0.05) is 20.6 Å². The minimum Gasteiger partial charge on any atom is -0.469 e. The quantitative estimate of drug-likeness (QED) is 0.788. The maximum absolute atomic E-state index is 11.5. The number of imidazole rings is 1. The highest BCUT2D eigenvalue weighted by Gasteiger charge is 2.18. The number of aromatic nitrogens is 2. The second-order valence-corrected chi connectivity index (χ2v) is 4.76. The van der Waals surface area contributed by atoms with Crippen LogP contribution in [0, 0.1) is 5.92 Å². The number of nitrogens with zero attached hydrogens (tertiary/aromatic N) is 3. The molecule has 0 spiro atoms. The number of carbonyl (C=O) groups excluding carboxylic acids is 1. The van der Waals surface area contributed by atoms with Crippen LogP contribution in [0.2, 0.25) is 0 Å². The van der Waals surface area contributed by atoms with E-state index in [1.807, 2.05) is 54.8 Å². The molecule has 0 saturated heterocycles. The number of aryl methyl sites for hydroxylation is 1. The van der Waals surface area contributed by atoms with Crippen LogP contribution in [0.4, 0.5) is 5.95 Å². The standard InChI is InChI=1S/C14H19N3O2/c1-10(13(18)19-4)9-16(2)14-15-11-7-5-6-8-12(11)17(14)3/h5-8,10H,9H2,1-4H3. The van der Waals surface area contributed by atoms with Gasteiger partial charge in [-0.25, -0.2) is 4.98 Å². The normalized spacial score (nSPS) is 12.4. The Bertz CT molecular complexity index is 591. The van der Waals surface area contributed by atoms with E-state index in [0.717, 1.165) is 17.0 Å². The van der Waals surface area contributed by atoms with Crippen LogP contribution < -0.4 is 4.90 Å². The van der Waals surface area contributed by atoms with Gasteiger partial charge in [0.2, 0.25) is 5.95 Å². The van der Waals surface area contributed by atoms with Gasteiger partial charge in [-0.1, -0.05) is 19.1 Å². The molecule has 1 aromatic heterocycles. The molecule has 1 aromatic carbocycles. The molecule has 1 heterocycles. The lowest BCUT2D eigenvalue weighted by atomic mass is 10.2. The molecule has 0 aliphatic heterocycles. The summed E-state index contributed by atoms with van der Waals surface area (Å²) < 4.78 is 6.77. The third-order valence-electron chi connectivity index (χ3n) is 3.26. The van der Waals surface area contributed by atoms with Crippen LogP contribution in [0.15, 0.2) is 24.3 Å². The van der Waals surface area contributed by atoms with E-state index in [9.17, 15) is 4.79 Å². The molecule has 19 heavy (non-hydrogen) atoms. The zero-order valence-corrected chi connectivity index (χ0v) is 11.8. The molecule has 1 atom stereocenters.